The van der Waals surface area contributed by atoms with Crippen molar-refractivity contribution >= 4 is 55.2 Å². The maximum absolute atomic E-state index is 11.9. The lowest BCUT2D eigenvalue weighted by molar-refractivity contribution is 0.100. The van der Waals surface area contributed by atoms with Crippen LogP contribution >= 0.6 is 27.5 Å². The smallest absolute Gasteiger partial charge is 0.249 e. The monoisotopic (exact) mass is 412 g/mol. The van der Waals surface area contributed by atoms with Gasteiger partial charge in [-0.15, -0.1) is 0 Å². The molecule has 0 fully saturated rings. The maximum Gasteiger partial charge on any atom is 0.249 e. The van der Waals surface area contributed by atoms with Crippen LogP contribution in [0.5, 0.6) is 0 Å². The number of para-hydroxylation sites is 1. The molecule has 1 amide bonds. The number of hydrogen-bond acceptors (Lipinski definition) is 1. The van der Waals surface area contributed by atoms with Crippen molar-refractivity contribution in [1.29, 1.82) is 0 Å². The van der Waals surface area contributed by atoms with E-state index in [1.165, 1.54) is 0 Å². The number of aromatic nitrogens is 1. The molecule has 25 heavy (non-hydrogen) atoms. The third kappa shape index (κ3) is 2.71. The highest BCUT2D eigenvalue weighted by atomic mass is 79.9. The topological polar surface area (TPSA) is 48.0 Å². The number of amides is 1. The summed E-state index contributed by atoms with van der Waals surface area (Å²) in [7, 11) is 0. The van der Waals surface area contributed by atoms with Crippen molar-refractivity contribution in [3.8, 4) is 0 Å². The Balaban J connectivity index is 2.08. The van der Waals surface area contributed by atoms with Gasteiger partial charge in [0.05, 0.1) is 16.1 Å². The lowest BCUT2D eigenvalue weighted by Gasteiger charge is -2.09. The van der Waals surface area contributed by atoms with E-state index in [0.717, 1.165) is 31.8 Å². The Kier molecular flexibility index (Phi) is 4.02. The highest BCUT2D eigenvalue weighted by Gasteiger charge is 2.18. The highest BCUT2D eigenvalue weighted by molar-refractivity contribution is 9.10. The fourth-order valence-corrected chi connectivity index (χ4v) is 4.07. The number of halogens is 2. The minimum atomic E-state index is -0.438. The molecule has 1 heterocycles. The van der Waals surface area contributed by atoms with E-state index in [1.54, 1.807) is 6.07 Å². The van der Waals surface area contributed by atoms with Crippen molar-refractivity contribution in [2.24, 2.45) is 5.73 Å². The molecule has 4 aromatic rings. The summed E-state index contributed by atoms with van der Waals surface area (Å²) in [5.41, 5.74) is 9.11. The first-order valence-electron chi connectivity index (χ1n) is 7.80. The summed E-state index contributed by atoms with van der Waals surface area (Å²) in [5, 5.41) is 2.44. The molecule has 0 radical (unpaired) electrons. The average Bonchev–Trinajstić information content (AvgIpc) is 2.90. The van der Waals surface area contributed by atoms with Crippen LogP contribution in [-0.4, -0.2) is 10.5 Å². The summed E-state index contributed by atoms with van der Waals surface area (Å²) in [5.74, 6) is -0.438. The Bertz CT molecular complexity index is 1130. The maximum atomic E-state index is 11.9. The van der Waals surface area contributed by atoms with Crippen molar-refractivity contribution in [1.82, 2.24) is 4.57 Å². The van der Waals surface area contributed by atoms with Crippen LogP contribution in [0.2, 0.25) is 5.02 Å². The lowest BCUT2D eigenvalue weighted by Crippen LogP contribution is -2.11. The number of hydrogen-bond donors (Lipinski definition) is 1. The SMILES string of the molecule is NC(=O)c1cccc2c1c1cccc(Cl)c1n2Cc1cccc(Br)c1. The second-order valence-corrected chi connectivity index (χ2v) is 7.24. The molecule has 124 valence electrons. The van der Waals surface area contributed by atoms with Gasteiger partial charge in [-0.1, -0.05) is 57.9 Å². The number of fused-ring (bicyclic) bond motifs is 3. The molecule has 2 N–H and O–H groups in total. The Hall–Kier alpha value is -2.30. The zero-order valence-electron chi connectivity index (χ0n) is 13.2. The van der Waals surface area contributed by atoms with Gasteiger partial charge in [0.15, 0.2) is 0 Å². The summed E-state index contributed by atoms with van der Waals surface area (Å²) in [6.07, 6.45) is 0. The molecule has 0 bridgehead atoms. The summed E-state index contributed by atoms with van der Waals surface area (Å²) in [6, 6.07) is 19.5. The summed E-state index contributed by atoms with van der Waals surface area (Å²) >= 11 is 10.0. The molecule has 0 unspecified atom stereocenters. The predicted octanol–water partition coefficient (Wildman–Crippen LogP) is 5.36. The molecule has 0 saturated heterocycles. The van der Waals surface area contributed by atoms with Crippen molar-refractivity contribution in [2.75, 3.05) is 0 Å². The first-order chi connectivity index (χ1) is 12.1. The van der Waals surface area contributed by atoms with E-state index in [4.69, 9.17) is 17.3 Å². The van der Waals surface area contributed by atoms with Crippen LogP contribution in [-0.2, 0) is 6.54 Å². The zero-order chi connectivity index (χ0) is 17.6. The molecule has 0 atom stereocenters. The van der Waals surface area contributed by atoms with E-state index in [1.807, 2.05) is 42.5 Å². The van der Waals surface area contributed by atoms with Crippen molar-refractivity contribution in [3.05, 3.63) is 81.3 Å². The number of benzene rings is 3. The van der Waals surface area contributed by atoms with E-state index in [0.29, 0.717) is 17.1 Å². The van der Waals surface area contributed by atoms with E-state index >= 15 is 0 Å². The normalized spacial score (nSPS) is 11.3. The van der Waals surface area contributed by atoms with Gasteiger partial charge in [0.2, 0.25) is 5.91 Å². The second kappa shape index (κ2) is 6.21. The van der Waals surface area contributed by atoms with Crippen LogP contribution in [0.3, 0.4) is 0 Å². The predicted molar refractivity (Wildman–Crippen MR) is 106 cm³/mol. The molecule has 0 saturated carbocycles. The number of carbonyl (C=O) groups is 1. The van der Waals surface area contributed by atoms with Crippen LogP contribution < -0.4 is 5.73 Å². The summed E-state index contributed by atoms with van der Waals surface area (Å²) in [6.45, 7) is 0.644. The number of carbonyl (C=O) groups excluding carboxylic acids is 1. The van der Waals surface area contributed by atoms with E-state index in [9.17, 15) is 4.79 Å². The van der Waals surface area contributed by atoms with Crippen LogP contribution in [0.25, 0.3) is 21.8 Å². The van der Waals surface area contributed by atoms with E-state index in [-0.39, 0.29) is 0 Å². The average molecular weight is 414 g/mol. The van der Waals surface area contributed by atoms with Gasteiger partial charge < -0.3 is 10.3 Å². The second-order valence-electron chi connectivity index (χ2n) is 5.92. The molecule has 0 aliphatic rings. The van der Waals surface area contributed by atoms with E-state index in [2.05, 4.69) is 32.6 Å². The van der Waals surface area contributed by atoms with Gasteiger partial charge >= 0.3 is 0 Å². The largest absolute Gasteiger partial charge is 0.366 e. The Labute approximate surface area is 158 Å². The molecule has 0 spiro atoms. The molecule has 0 aliphatic heterocycles. The summed E-state index contributed by atoms with van der Waals surface area (Å²) in [4.78, 5) is 11.9. The van der Waals surface area contributed by atoms with Gasteiger partial charge in [-0.2, -0.15) is 0 Å². The minimum Gasteiger partial charge on any atom is -0.366 e. The molecule has 3 nitrogen and oxygen atoms in total. The van der Waals surface area contributed by atoms with Crippen LogP contribution in [0, 0.1) is 0 Å². The first-order valence-corrected chi connectivity index (χ1v) is 8.97. The lowest BCUT2D eigenvalue weighted by atomic mass is 10.1. The molecule has 5 heteroatoms. The number of primary amides is 1. The van der Waals surface area contributed by atoms with Gasteiger partial charge in [0, 0.05) is 27.4 Å². The molecular weight excluding hydrogens is 400 g/mol. The van der Waals surface area contributed by atoms with Crippen molar-refractivity contribution in [2.45, 2.75) is 6.54 Å². The highest BCUT2D eigenvalue weighted by Crippen LogP contribution is 2.36. The van der Waals surface area contributed by atoms with Gasteiger partial charge in [-0.3, -0.25) is 4.79 Å². The Morgan fingerprint density at radius 1 is 1.08 bits per heavy atom. The number of rotatable bonds is 3. The van der Waals surface area contributed by atoms with Crippen LogP contribution in [0.4, 0.5) is 0 Å². The van der Waals surface area contributed by atoms with Gasteiger partial charge in [-0.25, -0.2) is 0 Å². The molecule has 1 aromatic heterocycles. The van der Waals surface area contributed by atoms with Gasteiger partial charge in [0.25, 0.3) is 0 Å². The van der Waals surface area contributed by atoms with Crippen molar-refractivity contribution in [3.63, 3.8) is 0 Å². The fourth-order valence-electron chi connectivity index (χ4n) is 3.35. The summed E-state index contributed by atoms with van der Waals surface area (Å²) < 4.78 is 3.16. The Morgan fingerprint density at radius 2 is 1.84 bits per heavy atom. The van der Waals surface area contributed by atoms with Crippen molar-refractivity contribution < 1.29 is 4.79 Å². The van der Waals surface area contributed by atoms with Crippen LogP contribution in [0.1, 0.15) is 15.9 Å². The first kappa shape index (κ1) is 16.2. The molecular formula is C20H14BrClN2O. The van der Waals surface area contributed by atoms with Gasteiger partial charge in [0.1, 0.15) is 0 Å². The number of nitrogens with zero attached hydrogens (tertiary/aromatic N) is 1. The van der Waals surface area contributed by atoms with Crippen LogP contribution in [0.15, 0.2) is 65.1 Å². The zero-order valence-corrected chi connectivity index (χ0v) is 15.5. The van der Waals surface area contributed by atoms with E-state index < -0.39 is 5.91 Å². The third-order valence-electron chi connectivity index (χ3n) is 4.35. The minimum absolute atomic E-state index is 0.438. The molecule has 0 aliphatic carbocycles. The quantitative estimate of drug-likeness (QED) is 0.483. The molecule has 3 aromatic carbocycles. The third-order valence-corrected chi connectivity index (χ3v) is 5.15. The number of nitrogens with two attached hydrogens (primary N) is 1. The molecule has 4 rings (SSSR count). The fraction of sp³-hybridized carbons (Fsp3) is 0.0500. The Morgan fingerprint density at radius 3 is 2.60 bits per heavy atom. The standard InChI is InChI=1S/C20H14BrClN2O/c21-13-5-1-4-12(10-13)11-24-17-9-3-7-15(20(23)25)18(17)14-6-2-8-16(22)19(14)24/h1-10H,11H2,(H2,23,25). The van der Waals surface area contributed by atoms with Gasteiger partial charge in [-0.05, 0) is 35.9 Å².